The lowest BCUT2D eigenvalue weighted by Crippen LogP contribution is -2.00. The summed E-state index contributed by atoms with van der Waals surface area (Å²) in [5, 5.41) is 5.96. The molecule has 0 aliphatic heterocycles. The van der Waals surface area contributed by atoms with Gasteiger partial charge in [0, 0.05) is 41.3 Å². The van der Waals surface area contributed by atoms with E-state index in [1.165, 1.54) is 0 Å². The Balaban J connectivity index is 1.98. The number of nitrogens with zero attached hydrogens (tertiary/aromatic N) is 3. The Labute approximate surface area is 128 Å². The second kappa shape index (κ2) is 6.06. The van der Waals surface area contributed by atoms with Gasteiger partial charge in [0.25, 0.3) is 0 Å². The first-order valence-electron chi connectivity index (χ1n) is 6.89. The number of nitrogens with one attached hydrogen (secondary N) is 1. The minimum atomic E-state index is 0.456. The third-order valence-electron chi connectivity index (χ3n) is 3.16. The zero-order chi connectivity index (χ0) is 14.7. The highest BCUT2D eigenvalue weighted by Gasteiger charge is 2.05. The van der Waals surface area contributed by atoms with Crippen molar-refractivity contribution in [3.05, 3.63) is 53.7 Å². The Hall–Kier alpha value is -2.20. The first-order chi connectivity index (χ1) is 10.3. The van der Waals surface area contributed by atoms with E-state index >= 15 is 0 Å². The van der Waals surface area contributed by atoms with Gasteiger partial charge in [-0.25, -0.2) is 9.97 Å². The SMILES string of the molecule is CCCc1nc(Cl)cc(Nc2cccc3cnccc23)n1. The third-order valence-corrected chi connectivity index (χ3v) is 3.35. The lowest BCUT2D eigenvalue weighted by atomic mass is 10.1. The molecule has 4 nitrogen and oxygen atoms in total. The van der Waals surface area contributed by atoms with E-state index in [-0.39, 0.29) is 0 Å². The fourth-order valence-corrected chi connectivity index (χ4v) is 2.43. The Morgan fingerprint density at radius 3 is 2.95 bits per heavy atom. The van der Waals surface area contributed by atoms with Crippen LogP contribution in [0.25, 0.3) is 10.8 Å². The van der Waals surface area contributed by atoms with Gasteiger partial charge < -0.3 is 5.32 Å². The van der Waals surface area contributed by atoms with E-state index in [1.807, 2.05) is 30.5 Å². The van der Waals surface area contributed by atoms with E-state index < -0.39 is 0 Å². The Kier molecular flexibility index (Phi) is 3.97. The van der Waals surface area contributed by atoms with Crippen LogP contribution in [0.4, 0.5) is 11.5 Å². The molecule has 106 valence electrons. The van der Waals surface area contributed by atoms with Crippen molar-refractivity contribution in [2.24, 2.45) is 0 Å². The molecule has 2 heterocycles. The molecule has 2 aromatic heterocycles. The van der Waals surface area contributed by atoms with Gasteiger partial charge >= 0.3 is 0 Å². The molecule has 0 atom stereocenters. The molecule has 5 heteroatoms. The van der Waals surface area contributed by atoms with Gasteiger partial charge in [0.1, 0.15) is 16.8 Å². The third kappa shape index (κ3) is 3.11. The largest absolute Gasteiger partial charge is 0.340 e. The number of anilines is 2. The highest BCUT2D eigenvalue weighted by molar-refractivity contribution is 6.29. The van der Waals surface area contributed by atoms with Crippen LogP contribution in [-0.4, -0.2) is 15.0 Å². The van der Waals surface area contributed by atoms with Gasteiger partial charge in [0.2, 0.25) is 0 Å². The van der Waals surface area contributed by atoms with Crippen molar-refractivity contribution < 1.29 is 0 Å². The predicted molar refractivity (Wildman–Crippen MR) is 86.1 cm³/mol. The van der Waals surface area contributed by atoms with Gasteiger partial charge in [-0.2, -0.15) is 0 Å². The summed E-state index contributed by atoms with van der Waals surface area (Å²) in [5.41, 5.74) is 0.979. The Morgan fingerprint density at radius 1 is 1.19 bits per heavy atom. The van der Waals surface area contributed by atoms with Crippen molar-refractivity contribution in [3.63, 3.8) is 0 Å². The number of aromatic nitrogens is 3. The Morgan fingerprint density at radius 2 is 2.10 bits per heavy atom. The zero-order valence-corrected chi connectivity index (χ0v) is 12.4. The zero-order valence-electron chi connectivity index (χ0n) is 11.7. The average molecular weight is 299 g/mol. The molecule has 0 aliphatic rings. The van der Waals surface area contributed by atoms with Gasteiger partial charge in [0.05, 0.1) is 0 Å². The molecule has 3 rings (SSSR count). The highest BCUT2D eigenvalue weighted by atomic mass is 35.5. The second-order valence-corrected chi connectivity index (χ2v) is 5.16. The molecule has 1 aromatic carbocycles. The minimum Gasteiger partial charge on any atom is -0.340 e. The fraction of sp³-hybridized carbons (Fsp3) is 0.188. The van der Waals surface area contributed by atoms with Gasteiger partial charge in [-0.15, -0.1) is 0 Å². The smallest absolute Gasteiger partial charge is 0.135 e. The molecule has 0 spiro atoms. The molecule has 3 aromatic rings. The summed E-state index contributed by atoms with van der Waals surface area (Å²) in [6.07, 6.45) is 5.42. The van der Waals surface area contributed by atoms with Gasteiger partial charge in [-0.05, 0) is 18.6 Å². The van der Waals surface area contributed by atoms with Crippen LogP contribution in [0.1, 0.15) is 19.2 Å². The average Bonchev–Trinajstić information content (AvgIpc) is 2.47. The van der Waals surface area contributed by atoms with Gasteiger partial charge in [-0.3, -0.25) is 4.98 Å². The van der Waals surface area contributed by atoms with Crippen LogP contribution in [0, 0.1) is 0 Å². The molecule has 0 bridgehead atoms. The van der Waals surface area contributed by atoms with Gasteiger partial charge in [0.15, 0.2) is 0 Å². The molecule has 1 N–H and O–H groups in total. The van der Waals surface area contributed by atoms with Crippen molar-refractivity contribution >= 4 is 33.9 Å². The highest BCUT2D eigenvalue weighted by Crippen LogP contribution is 2.25. The summed E-state index contributed by atoms with van der Waals surface area (Å²) in [6.45, 7) is 2.09. The van der Waals surface area contributed by atoms with Gasteiger partial charge in [-0.1, -0.05) is 30.7 Å². The van der Waals surface area contributed by atoms with E-state index in [4.69, 9.17) is 11.6 Å². The van der Waals surface area contributed by atoms with E-state index in [0.29, 0.717) is 11.0 Å². The van der Waals surface area contributed by atoms with E-state index in [0.717, 1.165) is 35.1 Å². The number of hydrogen-bond acceptors (Lipinski definition) is 4. The number of fused-ring (bicyclic) bond motifs is 1. The number of benzene rings is 1. The molecule has 0 saturated carbocycles. The van der Waals surface area contributed by atoms with Crippen molar-refractivity contribution in [2.45, 2.75) is 19.8 Å². The topological polar surface area (TPSA) is 50.7 Å². The first-order valence-corrected chi connectivity index (χ1v) is 7.27. The summed E-state index contributed by atoms with van der Waals surface area (Å²) >= 11 is 6.07. The first kappa shape index (κ1) is 13.8. The summed E-state index contributed by atoms with van der Waals surface area (Å²) in [5.74, 6) is 1.47. The normalized spacial score (nSPS) is 10.8. The van der Waals surface area contributed by atoms with E-state index in [1.54, 1.807) is 12.3 Å². The maximum atomic E-state index is 6.07. The molecular formula is C16H15ClN4. The van der Waals surface area contributed by atoms with Crippen LogP contribution in [0.3, 0.4) is 0 Å². The monoisotopic (exact) mass is 298 g/mol. The lowest BCUT2D eigenvalue weighted by Gasteiger charge is -2.10. The quantitative estimate of drug-likeness (QED) is 0.726. The van der Waals surface area contributed by atoms with Crippen molar-refractivity contribution in [3.8, 4) is 0 Å². The lowest BCUT2D eigenvalue weighted by molar-refractivity contribution is 0.837. The summed E-state index contributed by atoms with van der Waals surface area (Å²) in [7, 11) is 0. The molecule has 0 aliphatic carbocycles. The van der Waals surface area contributed by atoms with E-state index in [9.17, 15) is 0 Å². The number of hydrogen-bond donors (Lipinski definition) is 1. The molecular weight excluding hydrogens is 284 g/mol. The minimum absolute atomic E-state index is 0.456. The number of pyridine rings is 1. The van der Waals surface area contributed by atoms with Crippen molar-refractivity contribution in [2.75, 3.05) is 5.32 Å². The van der Waals surface area contributed by atoms with E-state index in [2.05, 4.69) is 27.2 Å². The van der Waals surface area contributed by atoms with Crippen LogP contribution in [0.15, 0.2) is 42.7 Å². The van der Waals surface area contributed by atoms with Crippen LogP contribution >= 0.6 is 11.6 Å². The summed E-state index contributed by atoms with van der Waals surface area (Å²) in [4.78, 5) is 12.9. The predicted octanol–water partition coefficient (Wildman–Crippen LogP) is 4.37. The maximum Gasteiger partial charge on any atom is 0.135 e. The molecule has 0 amide bonds. The number of rotatable bonds is 4. The number of aryl methyl sites for hydroxylation is 1. The summed E-state index contributed by atoms with van der Waals surface area (Å²) in [6, 6.07) is 9.75. The van der Waals surface area contributed by atoms with Crippen molar-refractivity contribution in [1.29, 1.82) is 0 Å². The molecule has 0 unspecified atom stereocenters. The summed E-state index contributed by atoms with van der Waals surface area (Å²) < 4.78 is 0. The fourth-order valence-electron chi connectivity index (χ4n) is 2.23. The second-order valence-electron chi connectivity index (χ2n) is 4.77. The molecule has 21 heavy (non-hydrogen) atoms. The maximum absolute atomic E-state index is 6.07. The Bertz CT molecular complexity index is 768. The number of halogens is 1. The van der Waals surface area contributed by atoms with Crippen LogP contribution in [0.5, 0.6) is 0 Å². The van der Waals surface area contributed by atoms with Crippen LogP contribution in [-0.2, 0) is 6.42 Å². The van der Waals surface area contributed by atoms with Crippen LogP contribution < -0.4 is 5.32 Å². The molecule has 0 radical (unpaired) electrons. The molecule has 0 saturated heterocycles. The van der Waals surface area contributed by atoms with Crippen LogP contribution in [0.2, 0.25) is 5.15 Å². The molecule has 0 fully saturated rings. The van der Waals surface area contributed by atoms with Crippen molar-refractivity contribution in [1.82, 2.24) is 15.0 Å². The standard InChI is InChI=1S/C16H15ClN4/c1-2-4-15-20-14(17)9-16(21-15)19-13-6-3-5-11-10-18-8-7-12(11)13/h3,5-10H,2,4H2,1H3,(H,19,20,21).